The molecule has 3 rings (SSSR count). The number of ether oxygens (including phenoxy) is 3. The van der Waals surface area contributed by atoms with Gasteiger partial charge in [0, 0.05) is 31.2 Å². The summed E-state index contributed by atoms with van der Waals surface area (Å²) in [5.74, 6) is 0.529. The van der Waals surface area contributed by atoms with E-state index in [4.69, 9.17) is 14.2 Å². The molecule has 0 saturated carbocycles. The molecule has 1 amide bonds. The molecule has 136 valence electrons. The van der Waals surface area contributed by atoms with Crippen LogP contribution >= 0.6 is 0 Å². The highest BCUT2D eigenvalue weighted by Crippen LogP contribution is 2.22. The summed E-state index contributed by atoms with van der Waals surface area (Å²) in [6, 6.07) is 17.5. The maximum absolute atomic E-state index is 12.3. The minimum atomic E-state index is -0.471. The van der Waals surface area contributed by atoms with Gasteiger partial charge in [0.25, 0.3) is 5.91 Å². The van der Waals surface area contributed by atoms with Crippen LogP contribution in [0, 0.1) is 0 Å². The van der Waals surface area contributed by atoms with Crippen molar-refractivity contribution in [1.29, 1.82) is 0 Å². The van der Waals surface area contributed by atoms with Crippen LogP contribution < -0.4 is 10.1 Å². The number of H-pyrrole nitrogens is 1. The lowest BCUT2D eigenvalue weighted by Gasteiger charge is -2.13. The first kappa shape index (κ1) is 18.0. The molecule has 3 aromatic rings. The fourth-order valence-electron chi connectivity index (χ4n) is 2.59. The van der Waals surface area contributed by atoms with Gasteiger partial charge in [-0.25, -0.2) is 0 Å². The highest BCUT2D eigenvalue weighted by molar-refractivity contribution is 5.98. The Balaban J connectivity index is 1.66. The van der Waals surface area contributed by atoms with Crippen molar-refractivity contribution in [1.82, 2.24) is 10.3 Å². The number of benzene rings is 2. The molecular formula is C20H22N2O4. The SMILES string of the molecule is COC(CNC(=O)c1cc2ccc(OCc3ccccc3)cc2[nH]1)OC. The van der Waals surface area contributed by atoms with Crippen LogP contribution in [0.2, 0.25) is 0 Å². The van der Waals surface area contributed by atoms with E-state index in [1.165, 1.54) is 14.2 Å². The van der Waals surface area contributed by atoms with Crippen molar-refractivity contribution in [3.63, 3.8) is 0 Å². The van der Waals surface area contributed by atoms with Gasteiger partial charge < -0.3 is 24.5 Å². The summed E-state index contributed by atoms with van der Waals surface area (Å²) in [6.07, 6.45) is -0.471. The Labute approximate surface area is 152 Å². The summed E-state index contributed by atoms with van der Waals surface area (Å²) in [4.78, 5) is 15.4. The number of rotatable bonds is 8. The summed E-state index contributed by atoms with van der Waals surface area (Å²) in [7, 11) is 3.06. The molecule has 0 fully saturated rings. The second-order valence-electron chi connectivity index (χ2n) is 5.82. The van der Waals surface area contributed by atoms with Gasteiger partial charge in [-0.3, -0.25) is 4.79 Å². The van der Waals surface area contributed by atoms with Gasteiger partial charge in [-0.05, 0) is 23.8 Å². The first-order valence-electron chi connectivity index (χ1n) is 8.33. The molecule has 0 saturated heterocycles. The Bertz CT molecular complexity index is 857. The fourth-order valence-corrected chi connectivity index (χ4v) is 2.59. The van der Waals surface area contributed by atoms with Gasteiger partial charge in [-0.1, -0.05) is 30.3 Å². The van der Waals surface area contributed by atoms with Crippen LogP contribution in [-0.4, -0.2) is 37.9 Å². The number of amides is 1. The van der Waals surface area contributed by atoms with Crippen LogP contribution in [0.3, 0.4) is 0 Å². The number of hydrogen-bond donors (Lipinski definition) is 2. The van der Waals surface area contributed by atoms with Crippen molar-refractivity contribution in [3.8, 4) is 5.75 Å². The van der Waals surface area contributed by atoms with E-state index in [0.717, 1.165) is 22.2 Å². The van der Waals surface area contributed by atoms with Crippen molar-refractivity contribution in [3.05, 3.63) is 65.9 Å². The number of methoxy groups -OCH3 is 2. The van der Waals surface area contributed by atoms with Gasteiger partial charge in [0.2, 0.25) is 0 Å². The second-order valence-corrected chi connectivity index (χ2v) is 5.82. The van der Waals surface area contributed by atoms with Crippen LogP contribution in [0.5, 0.6) is 5.75 Å². The Morgan fingerprint density at radius 2 is 1.85 bits per heavy atom. The molecule has 0 atom stereocenters. The van der Waals surface area contributed by atoms with Crippen molar-refractivity contribution in [2.45, 2.75) is 12.9 Å². The summed E-state index contributed by atoms with van der Waals surface area (Å²) < 4.78 is 15.9. The monoisotopic (exact) mass is 354 g/mol. The summed E-state index contributed by atoms with van der Waals surface area (Å²) in [5, 5.41) is 3.71. The molecule has 1 aromatic heterocycles. The zero-order chi connectivity index (χ0) is 18.4. The first-order valence-corrected chi connectivity index (χ1v) is 8.33. The Morgan fingerprint density at radius 1 is 1.08 bits per heavy atom. The normalized spacial score (nSPS) is 11.0. The minimum Gasteiger partial charge on any atom is -0.489 e. The van der Waals surface area contributed by atoms with Crippen molar-refractivity contribution in [2.24, 2.45) is 0 Å². The summed E-state index contributed by atoms with van der Waals surface area (Å²) in [5.41, 5.74) is 2.42. The average molecular weight is 354 g/mol. The molecule has 0 aliphatic heterocycles. The molecule has 0 radical (unpaired) electrons. The van der Waals surface area contributed by atoms with Crippen molar-refractivity contribution in [2.75, 3.05) is 20.8 Å². The molecule has 2 aromatic carbocycles. The molecule has 6 nitrogen and oxygen atoms in total. The van der Waals surface area contributed by atoms with Gasteiger partial charge in [-0.2, -0.15) is 0 Å². The number of aromatic amines is 1. The smallest absolute Gasteiger partial charge is 0.267 e. The number of hydrogen-bond acceptors (Lipinski definition) is 4. The van der Waals surface area contributed by atoms with E-state index in [9.17, 15) is 4.79 Å². The van der Waals surface area contributed by atoms with Gasteiger partial charge in [0.15, 0.2) is 6.29 Å². The van der Waals surface area contributed by atoms with Crippen molar-refractivity contribution < 1.29 is 19.0 Å². The van der Waals surface area contributed by atoms with Crippen LogP contribution in [-0.2, 0) is 16.1 Å². The standard InChI is InChI=1S/C20H22N2O4/c1-24-19(25-2)12-21-20(23)18-10-15-8-9-16(11-17(15)22-18)26-13-14-6-4-3-5-7-14/h3-11,19,22H,12-13H2,1-2H3,(H,21,23). The zero-order valence-corrected chi connectivity index (χ0v) is 14.8. The number of nitrogens with one attached hydrogen (secondary N) is 2. The van der Waals surface area contributed by atoms with Crippen LogP contribution in [0.4, 0.5) is 0 Å². The van der Waals surface area contributed by atoms with Crippen LogP contribution in [0.1, 0.15) is 16.1 Å². The Kier molecular flexibility index (Phi) is 5.88. The molecular weight excluding hydrogens is 332 g/mol. The molecule has 26 heavy (non-hydrogen) atoms. The lowest BCUT2D eigenvalue weighted by Crippen LogP contribution is -2.34. The maximum Gasteiger partial charge on any atom is 0.267 e. The largest absolute Gasteiger partial charge is 0.489 e. The zero-order valence-electron chi connectivity index (χ0n) is 14.8. The predicted octanol–water partition coefficient (Wildman–Crippen LogP) is 3.10. The average Bonchev–Trinajstić information content (AvgIpc) is 3.11. The predicted molar refractivity (Wildman–Crippen MR) is 99.2 cm³/mol. The number of carbonyl (C=O) groups is 1. The molecule has 2 N–H and O–H groups in total. The van der Waals surface area contributed by atoms with Gasteiger partial charge in [0.05, 0.1) is 6.54 Å². The highest BCUT2D eigenvalue weighted by Gasteiger charge is 2.12. The van der Waals surface area contributed by atoms with Crippen LogP contribution in [0.25, 0.3) is 10.9 Å². The lowest BCUT2D eigenvalue weighted by atomic mass is 10.2. The fraction of sp³-hybridized carbons (Fsp3) is 0.250. The van der Waals surface area contributed by atoms with E-state index < -0.39 is 6.29 Å². The molecule has 6 heteroatoms. The molecule has 0 spiro atoms. The summed E-state index contributed by atoms with van der Waals surface area (Å²) in [6.45, 7) is 0.766. The molecule has 0 aliphatic carbocycles. The number of carbonyl (C=O) groups excluding carboxylic acids is 1. The Hall–Kier alpha value is -2.83. The second kappa shape index (κ2) is 8.51. The third kappa shape index (κ3) is 4.41. The Morgan fingerprint density at radius 3 is 2.58 bits per heavy atom. The van der Waals surface area contributed by atoms with E-state index in [2.05, 4.69) is 10.3 Å². The van der Waals surface area contributed by atoms with Gasteiger partial charge >= 0.3 is 0 Å². The first-order chi connectivity index (χ1) is 12.7. The maximum atomic E-state index is 12.3. The number of fused-ring (bicyclic) bond motifs is 1. The molecule has 0 aliphatic rings. The highest BCUT2D eigenvalue weighted by atomic mass is 16.7. The van der Waals surface area contributed by atoms with Gasteiger partial charge in [0.1, 0.15) is 18.1 Å². The molecule has 1 heterocycles. The number of aromatic nitrogens is 1. The quantitative estimate of drug-likeness (QED) is 0.610. The van der Waals surface area contributed by atoms with E-state index >= 15 is 0 Å². The van der Waals surface area contributed by atoms with Gasteiger partial charge in [-0.15, -0.1) is 0 Å². The van der Waals surface area contributed by atoms with E-state index in [0.29, 0.717) is 12.3 Å². The lowest BCUT2D eigenvalue weighted by molar-refractivity contribution is -0.0974. The van der Waals surface area contributed by atoms with E-state index in [1.54, 1.807) is 6.07 Å². The third-order valence-corrected chi connectivity index (χ3v) is 4.04. The minimum absolute atomic E-state index is 0.216. The molecule has 0 unspecified atom stereocenters. The van der Waals surface area contributed by atoms with E-state index in [-0.39, 0.29) is 12.5 Å². The third-order valence-electron chi connectivity index (χ3n) is 4.04. The molecule has 0 bridgehead atoms. The van der Waals surface area contributed by atoms with Crippen LogP contribution in [0.15, 0.2) is 54.6 Å². The summed E-state index contributed by atoms with van der Waals surface area (Å²) >= 11 is 0. The van der Waals surface area contributed by atoms with Crippen molar-refractivity contribution >= 4 is 16.8 Å². The topological polar surface area (TPSA) is 72.6 Å². The van der Waals surface area contributed by atoms with E-state index in [1.807, 2.05) is 48.5 Å².